The number of rotatable bonds is 5. The van der Waals surface area contributed by atoms with Gasteiger partial charge in [-0.15, -0.1) is 0 Å². The summed E-state index contributed by atoms with van der Waals surface area (Å²) in [6, 6.07) is 6.42. The first-order valence-electron chi connectivity index (χ1n) is 6.74. The van der Waals surface area contributed by atoms with E-state index in [0.717, 1.165) is 18.7 Å². The SMILES string of the molecule is NCC(=O)NCC(c1cccc(F)c1)N1CCOCC1. The lowest BCUT2D eigenvalue weighted by Gasteiger charge is -2.34. The molecule has 0 radical (unpaired) electrons. The molecule has 2 rings (SSSR count). The van der Waals surface area contributed by atoms with E-state index in [9.17, 15) is 9.18 Å². The zero-order valence-electron chi connectivity index (χ0n) is 11.3. The summed E-state index contributed by atoms with van der Waals surface area (Å²) in [5, 5.41) is 2.78. The van der Waals surface area contributed by atoms with Crippen molar-refractivity contribution in [1.29, 1.82) is 0 Å². The van der Waals surface area contributed by atoms with Gasteiger partial charge >= 0.3 is 0 Å². The van der Waals surface area contributed by atoms with Gasteiger partial charge in [0.1, 0.15) is 5.82 Å². The highest BCUT2D eigenvalue weighted by atomic mass is 19.1. The number of carbonyl (C=O) groups excluding carboxylic acids is 1. The molecule has 1 saturated heterocycles. The van der Waals surface area contributed by atoms with Gasteiger partial charge in [-0.1, -0.05) is 12.1 Å². The number of ether oxygens (including phenoxy) is 1. The molecule has 1 amide bonds. The third-order valence-corrected chi connectivity index (χ3v) is 3.40. The number of amides is 1. The number of hydrogen-bond acceptors (Lipinski definition) is 4. The molecule has 5 nitrogen and oxygen atoms in total. The number of morpholine rings is 1. The monoisotopic (exact) mass is 281 g/mol. The lowest BCUT2D eigenvalue weighted by atomic mass is 10.0. The van der Waals surface area contributed by atoms with Crippen molar-refractivity contribution in [2.75, 3.05) is 39.4 Å². The Morgan fingerprint density at radius 1 is 1.45 bits per heavy atom. The zero-order valence-corrected chi connectivity index (χ0v) is 11.3. The Bertz CT molecular complexity index is 450. The predicted octanol–water partition coefficient (Wildman–Crippen LogP) is 0.274. The van der Waals surface area contributed by atoms with Gasteiger partial charge in [-0.05, 0) is 17.7 Å². The van der Waals surface area contributed by atoms with Crippen molar-refractivity contribution in [3.05, 3.63) is 35.6 Å². The van der Waals surface area contributed by atoms with Crippen LogP contribution in [0, 0.1) is 5.82 Å². The second-order valence-corrected chi connectivity index (χ2v) is 4.73. The number of benzene rings is 1. The lowest BCUT2D eigenvalue weighted by molar-refractivity contribution is -0.120. The van der Waals surface area contributed by atoms with Crippen molar-refractivity contribution in [2.45, 2.75) is 6.04 Å². The second kappa shape index (κ2) is 7.33. The van der Waals surface area contributed by atoms with Crippen molar-refractivity contribution in [3.8, 4) is 0 Å². The van der Waals surface area contributed by atoms with E-state index in [1.807, 2.05) is 6.07 Å². The maximum atomic E-state index is 13.4. The first-order valence-corrected chi connectivity index (χ1v) is 6.74. The lowest BCUT2D eigenvalue weighted by Crippen LogP contribution is -2.44. The van der Waals surface area contributed by atoms with Gasteiger partial charge in [0.25, 0.3) is 0 Å². The molecule has 20 heavy (non-hydrogen) atoms. The topological polar surface area (TPSA) is 67.6 Å². The van der Waals surface area contributed by atoms with Gasteiger partial charge in [-0.2, -0.15) is 0 Å². The molecule has 1 unspecified atom stereocenters. The molecular formula is C14H20FN3O2. The Balaban J connectivity index is 2.12. The average molecular weight is 281 g/mol. The highest BCUT2D eigenvalue weighted by Crippen LogP contribution is 2.21. The second-order valence-electron chi connectivity index (χ2n) is 4.73. The van der Waals surface area contributed by atoms with Crippen LogP contribution in [0.25, 0.3) is 0 Å². The molecule has 0 saturated carbocycles. The molecule has 1 aliphatic heterocycles. The highest BCUT2D eigenvalue weighted by molar-refractivity contribution is 5.77. The maximum Gasteiger partial charge on any atom is 0.233 e. The van der Waals surface area contributed by atoms with Gasteiger partial charge in [0.2, 0.25) is 5.91 Å². The number of hydrogen-bond donors (Lipinski definition) is 2. The molecule has 3 N–H and O–H groups in total. The number of nitrogens with zero attached hydrogens (tertiary/aromatic N) is 1. The zero-order chi connectivity index (χ0) is 14.4. The van der Waals surface area contributed by atoms with Crippen LogP contribution in [0.4, 0.5) is 4.39 Å². The van der Waals surface area contributed by atoms with Gasteiger partial charge in [0, 0.05) is 19.6 Å². The van der Waals surface area contributed by atoms with Crippen LogP contribution < -0.4 is 11.1 Å². The van der Waals surface area contributed by atoms with Gasteiger partial charge < -0.3 is 15.8 Å². The van der Waals surface area contributed by atoms with E-state index in [0.29, 0.717) is 19.8 Å². The van der Waals surface area contributed by atoms with Gasteiger partial charge in [-0.3, -0.25) is 9.69 Å². The molecule has 0 spiro atoms. The first-order chi connectivity index (χ1) is 9.70. The summed E-state index contributed by atoms with van der Waals surface area (Å²) >= 11 is 0. The molecule has 0 aromatic heterocycles. The Morgan fingerprint density at radius 3 is 2.85 bits per heavy atom. The van der Waals surface area contributed by atoms with E-state index >= 15 is 0 Å². The Morgan fingerprint density at radius 2 is 2.20 bits per heavy atom. The minimum Gasteiger partial charge on any atom is -0.379 e. The Kier molecular flexibility index (Phi) is 5.46. The molecule has 1 heterocycles. The molecule has 1 aromatic carbocycles. The predicted molar refractivity (Wildman–Crippen MR) is 73.6 cm³/mol. The summed E-state index contributed by atoms with van der Waals surface area (Å²) < 4.78 is 18.7. The van der Waals surface area contributed by atoms with E-state index in [-0.39, 0.29) is 24.3 Å². The van der Waals surface area contributed by atoms with Crippen LogP contribution in [-0.4, -0.2) is 50.2 Å². The summed E-state index contributed by atoms with van der Waals surface area (Å²) in [6.45, 7) is 3.20. The summed E-state index contributed by atoms with van der Waals surface area (Å²) in [5.74, 6) is -0.481. The van der Waals surface area contributed by atoms with Crippen LogP contribution in [0.3, 0.4) is 0 Å². The van der Waals surface area contributed by atoms with Crippen molar-refractivity contribution in [3.63, 3.8) is 0 Å². The van der Waals surface area contributed by atoms with E-state index in [1.165, 1.54) is 12.1 Å². The molecule has 1 aromatic rings. The number of nitrogens with two attached hydrogens (primary N) is 1. The maximum absolute atomic E-state index is 13.4. The first kappa shape index (κ1) is 14.9. The fraction of sp³-hybridized carbons (Fsp3) is 0.500. The van der Waals surface area contributed by atoms with Crippen molar-refractivity contribution >= 4 is 5.91 Å². The van der Waals surface area contributed by atoms with Crippen molar-refractivity contribution in [1.82, 2.24) is 10.2 Å². The van der Waals surface area contributed by atoms with Crippen LogP contribution in [0.15, 0.2) is 24.3 Å². The molecule has 0 bridgehead atoms. The number of carbonyl (C=O) groups is 1. The van der Waals surface area contributed by atoms with Crippen LogP contribution in [0.2, 0.25) is 0 Å². The summed E-state index contributed by atoms with van der Waals surface area (Å²) in [4.78, 5) is 13.5. The van der Waals surface area contributed by atoms with E-state index < -0.39 is 0 Å². The van der Waals surface area contributed by atoms with Gasteiger partial charge in [0.15, 0.2) is 0 Å². The van der Waals surface area contributed by atoms with E-state index in [4.69, 9.17) is 10.5 Å². The van der Waals surface area contributed by atoms with Crippen LogP contribution in [0.1, 0.15) is 11.6 Å². The molecule has 6 heteroatoms. The molecule has 0 aliphatic carbocycles. The fourth-order valence-electron chi connectivity index (χ4n) is 2.34. The fourth-order valence-corrected chi connectivity index (χ4v) is 2.34. The van der Waals surface area contributed by atoms with E-state index in [2.05, 4.69) is 10.2 Å². The standard InChI is InChI=1S/C14H20FN3O2/c15-12-3-1-2-11(8-12)13(10-17-14(19)9-16)18-4-6-20-7-5-18/h1-3,8,13H,4-7,9-10,16H2,(H,17,19). The molecular weight excluding hydrogens is 261 g/mol. The quantitative estimate of drug-likeness (QED) is 0.813. The van der Waals surface area contributed by atoms with Crippen LogP contribution in [0.5, 0.6) is 0 Å². The third kappa shape index (κ3) is 4.00. The third-order valence-electron chi connectivity index (χ3n) is 3.40. The largest absolute Gasteiger partial charge is 0.379 e. The normalized spacial score (nSPS) is 17.7. The summed E-state index contributed by atoms with van der Waals surface area (Å²) in [6.07, 6.45) is 0. The van der Waals surface area contributed by atoms with Crippen LogP contribution in [-0.2, 0) is 9.53 Å². The average Bonchev–Trinajstić information content (AvgIpc) is 2.48. The molecule has 1 aliphatic rings. The molecule has 1 fully saturated rings. The summed E-state index contributed by atoms with van der Waals surface area (Å²) in [5.41, 5.74) is 6.15. The Labute approximate surface area is 117 Å². The van der Waals surface area contributed by atoms with Crippen molar-refractivity contribution in [2.24, 2.45) is 5.73 Å². The summed E-state index contributed by atoms with van der Waals surface area (Å²) in [7, 11) is 0. The minimum atomic E-state index is -0.272. The van der Waals surface area contributed by atoms with Gasteiger partial charge in [0.05, 0.1) is 25.8 Å². The Hall–Kier alpha value is -1.50. The van der Waals surface area contributed by atoms with E-state index in [1.54, 1.807) is 6.07 Å². The molecule has 110 valence electrons. The number of halogens is 1. The van der Waals surface area contributed by atoms with Gasteiger partial charge in [-0.25, -0.2) is 4.39 Å². The minimum absolute atomic E-state index is 0.0427. The molecule has 1 atom stereocenters. The smallest absolute Gasteiger partial charge is 0.233 e. The van der Waals surface area contributed by atoms with Crippen LogP contribution >= 0.6 is 0 Å². The van der Waals surface area contributed by atoms with Crippen molar-refractivity contribution < 1.29 is 13.9 Å². The highest BCUT2D eigenvalue weighted by Gasteiger charge is 2.23. The number of nitrogens with one attached hydrogen (secondary N) is 1.